The number of pyridine rings is 1. The van der Waals surface area contributed by atoms with Crippen LogP contribution in [0.1, 0.15) is 35.6 Å². The number of nitrogens with zero attached hydrogens (tertiary/aromatic N) is 3. The summed E-state index contributed by atoms with van der Waals surface area (Å²) in [5, 5.41) is 7.07. The molecule has 7 heteroatoms. The van der Waals surface area contributed by atoms with Crippen molar-refractivity contribution in [3.05, 3.63) is 114 Å². The third-order valence-corrected chi connectivity index (χ3v) is 6.61. The van der Waals surface area contributed by atoms with Crippen molar-refractivity contribution in [2.45, 2.75) is 25.4 Å². The zero-order chi connectivity index (χ0) is 24.2. The Morgan fingerprint density at radius 2 is 1.69 bits per heavy atom. The number of aromatic nitrogens is 2. The van der Waals surface area contributed by atoms with Crippen LogP contribution < -0.4 is 10.6 Å². The first-order valence-electron chi connectivity index (χ1n) is 11.7. The highest BCUT2D eigenvalue weighted by Gasteiger charge is 2.41. The first-order chi connectivity index (χ1) is 17.1. The Morgan fingerprint density at radius 1 is 0.971 bits per heavy atom. The highest BCUT2D eigenvalue weighted by Crippen LogP contribution is 2.40. The van der Waals surface area contributed by atoms with E-state index < -0.39 is 0 Å². The summed E-state index contributed by atoms with van der Waals surface area (Å²) in [6, 6.07) is 29.7. The van der Waals surface area contributed by atoms with Gasteiger partial charge in [0.15, 0.2) is 5.11 Å². The molecule has 3 heterocycles. The molecule has 0 aliphatic carbocycles. The lowest BCUT2D eigenvalue weighted by Gasteiger charge is -2.29. The molecule has 2 atom stereocenters. The highest BCUT2D eigenvalue weighted by molar-refractivity contribution is 7.80. The standard InChI is InChI=1S/C28H27N5OS/c1-20-15-16-24(33(20)22-12-6-3-7-13-22)27-26(23-14-8-9-18-29-23)31-28(35)32(27)19-17-25(34)30-21-10-4-2-5-11-21/h2-16,18,26-27H,17,19H2,1H3,(H,30,34)(H,31,35)/t26-,27+/m0/s1. The number of amides is 1. The smallest absolute Gasteiger partial charge is 0.226 e. The van der Waals surface area contributed by atoms with Gasteiger partial charge in [-0.2, -0.15) is 0 Å². The summed E-state index contributed by atoms with van der Waals surface area (Å²) in [6.45, 7) is 2.59. The van der Waals surface area contributed by atoms with Crippen LogP contribution in [0.3, 0.4) is 0 Å². The van der Waals surface area contributed by atoms with Crippen LogP contribution in [0.4, 0.5) is 5.69 Å². The molecule has 2 N–H and O–H groups in total. The number of carbonyl (C=O) groups is 1. The number of benzene rings is 2. The van der Waals surface area contributed by atoms with Gasteiger partial charge in [0.05, 0.1) is 17.8 Å². The molecule has 0 bridgehead atoms. The number of nitrogens with one attached hydrogen (secondary N) is 2. The van der Waals surface area contributed by atoms with E-state index in [1.807, 2.05) is 66.7 Å². The van der Waals surface area contributed by atoms with Crippen LogP contribution in [0.25, 0.3) is 5.69 Å². The van der Waals surface area contributed by atoms with Crippen LogP contribution in [-0.2, 0) is 4.79 Å². The minimum absolute atomic E-state index is 0.0475. The maximum absolute atomic E-state index is 12.7. The fourth-order valence-corrected chi connectivity index (χ4v) is 4.99. The van der Waals surface area contributed by atoms with E-state index in [0.717, 1.165) is 28.5 Å². The van der Waals surface area contributed by atoms with Crippen molar-refractivity contribution >= 4 is 28.9 Å². The largest absolute Gasteiger partial charge is 0.352 e. The van der Waals surface area contributed by atoms with E-state index in [1.54, 1.807) is 6.20 Å². The number of carbonyl (C=O) groups excluding carboxylic acids is 1. The molecule has 6 nitrogen and oxygen atoms in total. The predicted molar refractivity (Wildman–Crippen MR) is 142 cm³/mol. The molecule has 1 aliphatic rings. The van der Waals surface area contributed by atoms with Gasteiger partial charge in [0.25, 0.3) is 0 Å². The zero-order valence-corrected chi connectivity index (χ0v) is 20.3. The molecular formula is C28H27N5OS. The minimum Gasteiger partial charge on any atom is -0.352 e. The summed E-state index contributed by atoms with van der Waals surface area (Å²) in [6.07, 6.45) is 2.11. The highest BCUT2D eigenvalue weighted by atomic mass is 32.1. The van der Waals surface area contributed by atoms with Gasteiger partial charge in [-0.3, -0.25) is 9.78 Å². The topological polar surface area (TPSA) is 62.2 Å². The second-order valence-electron chi connectivity index (χ2n) is 8.55. The van der Waals surface area contributed by atoms with E-state index >= 15 is 0 Å². The van der Waals surface area contributed by atoms with Gasteiger partial charge in [-0.25, -0.2) is 0 Å². The van der Waals surface area contributed by atoms with Crippen LogP contribution in [-0.4, -0.2) is 32.0 Å². The van der Waals surface area contributed by atoms with Crippen LogP contribution >= 0.6 is 12.2 Å². The molecule has 0 spiro atoms. The van der Waals surface area contributed by atoms with Crippen molar-refractivity contribution in [3.8, 4) is 5.69 Å². The van der Waals surface area contributed by atoms with Gasteiger partial charge in [-0.1, -0.05) is 42.5 Å². The molecule has 4 aromatic rings. The molecule has 0 unspecified atom stereocenters. The van der Waals surface area contributed by atoms with Crippen LogP contribution in [0.5, 0.6) is 0 Å². The van der Waals surface area contributed by atoms with E-state index in [2.05, 4.69) is 56.3 Å². The summed E-state index contributed by atoms with van der Waals surface area (Å²) in [5.41, 5.74) is 5.01. The molecule has 1 saturated heterocycles. The average Bonchev–Trinajstić information content (AvgIpc) is 3.43. The molecule has 35 heavy (non-hydrogen) atoms. The molecule has 176 valence electrons. The molecule has 0 saturated carbocycles. The van der Waals surface area contributed by atoms with Crippen molar-refractivity contribution < 1.29 is 4.79 Å². The lowest BCUT2D eigenvalue weighted by atomic mass is 10.0. The fourth-order valence-electron chi connectivity index (χ4n) is 4.65. The number of thiocarbonyl (C=S) groups is 1. The van der Waals surface area contributed by atoms with Gasteiger partial charge >= 0.3 is 0 Å². The number of para-hydroxylation sites is 2. The van der Waals surface area contributed by atoms with Crippen LogP contribution in [0.15, 0.2) is 97.2 Å². The molecule has 2 aromatic heterocycles. The quantitative estimate of drug-likeness (QED) is 0.356. The van der Waals surface area contributed by atoms with Gasteiger partial charge < -0.3 is 20.1 Å². The van der Waals surface area contributed by atoms with Gasteiger partial charge in [0.1, 0.15) is 0 Å². The lowest BCUT2D eigenvalue weighted by molar-refractivity contribution is -0.116. The molecule has 1 aliphatic heterocycles. The monoisotopic (exact) mass is 481 g/mol. The Morgan fingerprint density at radius 3 is 2.40 bits per heavy atom. The van der Waals surface area contributed by atoms with Crippen molar-refractivity contribution in [1.82, 2.24) is 19.8 Å². The Balaban J connectivity index is 1.47. The number of anilines is 1. The number of rotatable bonds is 7. The summed E-state index contributed by atoms with van der Waals surface area (Å²) >= 11 is 5.79. The Labute approximate surface area is 210 Å². The van der Waals surface area contributed by atoms with E-state index in [1.165, 1.54) is 0 Å². The van der Waals surface area contributed by atoms with E-state index in [-0.39, 0.29) is 18.0 Å². The number of aryl methyl sites for hydroxylation is 1. The summed E-state index contributed by atoms with van der Waals surface area (Å²) in [5.74, 6) is -0.0475. The number of hydrogen-bond donors (Lipinski definition) is 2. The normalized spacial score (nSPS) is 17.3. The van der Waals surface area contributed by atoms with Crippen molar-refractivity contribution in [2.24, 2.45) is 0 Å². The molecule has 5 rings (SSSR count). The van der Waals surface area contributed by atoms with E-state index in [0.29, 0.717) is 18.1 Å². The molecule has 2 aromatic carbocycles. The Bertz CT molecular complexity index is 1310. The van der Waals surface area contributed by atoms with Gasteiger partial charge in [-0.05, 0) is 67.7 Å². The predicted octanol–water partition coefficient (Wildman–Crippen LogP) is 5.18. The van der Waals surface area contributed by atoms with Gasteiger partial charge in [-0.15, -0.1) is 0 Å². The Hall–Kier alpha value is -3.97. The first kappa shape index (κ1) is 22.8. The van der Waals surface area contributed by atoms with Gasteiger partial charge in [0, 0.05) is 41.9 Å². The summed E-state index contributed by atoms with van der Waals surface area (Å²) in [7, 11) is 0. The van der Waals surface area contributed by atoms with Crippen LogP contribution in [0.2, 0.25) is 0 Å². The second-order valence-corrected chi connectivity index (χ2v) is 8.94. The molecule has 1 amide bonds. The van der Waals surface area contributed by atoms with Crippen LogP contribution in [0, 0.1) is 6.92 Å². The third kappa shape index (κ3) is 4.81. The SMILES string of the molecule is Cc1ccc([C@@H]2[C@H](c3ccccn3)NC(=S)N2CCC(=O)Nc2ccccc2)n1-c1ccccc1. The Kier molecular flexibility index (Phi) is 6.59. The number of hydrogen-bond acceptors (Lipinski definition) is 3. The van der Waals surface area contributed by atoms with E-state index in [4.69, 9.17) is 12.2 Å². The van der Waals surface area contributed by atoms with Gasteiger partial charge in [0.2, 0.25) is 5.91 Å². The summed E-state index contributed by atoms with van der Waals surface area (Å²) < 4.78 is 2.26. The van der Waals surface area contributed by atoms with Crippen molar-refractivity contribution in [1.29, 1.82) is 0 Å². The second kappa shape index (κ2) is 10.1. The zero-order valence-electron chi connectivity index (χ0n) is 19.5. The molecular weight excluding hydrogens is 454 g/mol. The summed E-state index contributed by atoms with van der Waals surface area (Å²) in [4.78, 5) is 19.5. The lowest BCUT2D eigenvalue weighted by Crippen LogP contribution is -2.33. The average molecular weight is 482 g/mol. The maximum Gasteiger partial charge on any atom is 0.226 e. The van der Waals surface area contributed by atoms with E-state index in [9.17, 15) is 4.79 Å². The van der Waals surface area contributed by atoms with Crippen molar-refractivity contribution in [2.75, 3.05) is 11.9 Å². The van der Waals surface area contributed by atoms with Crippen molar-refractivity contribution in [3.63, 3.8) is 0 Å². The fraction of sp³-hybridized carbons (Fsp3) is 0.179. The molecule has 1 fully saturated rings. The third-order valence-electron chi connectivity index (χ3n) is 6.26. The minimum atomic E-state index is -0.141. The molecule has 0 radical (unpaired) electrons. The first-order valence-corrected chi connectivity index (χ1v) is 12.1. The maximum atomic E-state index is 12.7.